The van der Waals surface area contributed by atoms with Crippen LogP contribution in [-0.4, -0.2) is 22.4 Å². The van der Waals surface area contributed by atoms with Crippen molar-refractivity contribution in [1.29, 1.82) is 0 Å². The summed E-state index contributed by atoms with van der Waals surface area (Å²) in [6.07, 6.45) is -4.36. The molecule has 1 rings (SSSR count). The van der Waals surface area contributed by atoms with Gasteiger partial charge in [-0.05, 0) is 29.5 Å². The summed E-state index contributed by atoms with van der Waals surface area (Å²) in [6.45, 7) is 1.51. The monoisotopic (exact) mass is 361 g/mol. The third kappa shape index (κ3) is 4.02. The molecule has 4 nitrogen and oxygen atoms in total. The van der Waals surface area contributed by atoms with Gasteiger partial charge >= 0.3 is 12.3 Å². The number of aromatic nitrogens is 1. The number of hydrogen-bond acceptors (Lipinski definition) is 3. The normalized spacial score (nSPS) is 11.4. The lowest BCUT2D eigenvalue weighted by Gasteiger charge is -2.14. The van der Waals surface area contributed by atoms with E-state index in [0.29, 0.717) is 5.69 Å². The van der Waals surface area contributed by atoms with Crippen LogP contribution in [0.1, 0.15) is 11.3 Å². The molecule has 0 saturated heterocycles. The zero-order valence-electron chi connectivity index (χ0n) is 8.51. The summed E-state index contributed by atoms with van der Waals surface area (Å²) in [5.74, 6) is -1.74. The minimum absolute atomic E-state index is 0.107. The van der Waals surface area contributed by atoms with E-state index in [1.54, 1.807) is 22.6 Å². The molecule has 0 amide bonds. The Morgan fingerprint density at radius 2 is 2.18 bits per heavy atom. The highest BCUT2D eigenvalue weighted by Gasteiger charge is 2.33. The first-order chi connectivity index (χ1) is 7.70. The molecule has 0 atom stereocenters. The summed E-state index contributed by atoms with van der Waals surface area (Å²) < 4.78 is 40.5. The maximum atomic E-state index is 12.2. The molecule has 0 saturated carbocycles. The maximum Gasteiger partial charge on any atom is 0.573 e. The van der Waals surface area contributed by atoms with Gasteiger partial charge in [-0.15, -0.1) is 13.2 Å². The van der Waals surface area contributed by atoms with Gasteiger partial charge in [0.15, 0.2) is 0 Å². The molecule has 1 aromatic rings. The number of ether oxygens (including phenoxy) is 1. The van der Waals surface area contributed by atoms with Crippen LogP contribution in [0.2, 0.25) is 0 Å². The first-order valence-corrected chi connectivity index (χ1v) is 5.40. The Hall–Kier alpha value is -1.06. The van der Waals surface area contributed by atoms with E-state index < -0.39 is 24.5 Å². The van der Waals surface area contributed by atoms with Crippen molar-refractivity contribution in [1.82, 2.24) is 4.98 Å². The molecule has 0 aliphatic carbocycles. The molecule has 0 unspecified atom stereocenters. The molecule has 94 valence electrons. The summed E-state index contributed by atoms with van der Waals surface area (Å²) in [7, 11) is 0. The zero-order valence-corrected chi connectivity index (χ0v) is 10.7. The SMILES string of the molecule is Cc1ncc(CC(=O)O)c(OC(F)(F)F)c1I. The number of nitrogens with zero attached hydrogens (tertiary/aromatic N) is 1. The van der Waals surface area contributed by atoms with E-state index in [1.165, 1.54) is 6.92 Å². The average molecular weight is 361 g/mol. The number of aryl methyl sites for hydroxylation is 1. The lowest BCUT2D eigenvalue weighted by atomic mass is 10.2. The number of hydrogen-bond donors (Lipinski definition) is 1. The molecule has 0 fully saturated rings. The van der Waals surface area contributed by atoms with Crippen LogP contribution in [0.25, 0.3) is 0 Å². The van der Waals surface area contributed by atoms with Crippen molar-refractivity contribution in [2.75, 3.05) is 0 Å². The van der Waals surface area contributed by atoms with Gasteiger partial charge in [-0.2, -0.15) is 0 Å². The van der Waals surface area contributed by atoms with E-state index in [-0.39, 0.29) is 9.13 Å². The van der Waals surface area contributed by atoms with E-state index in [0.717, 1.165) is 6.20 Å². The third-order valence-electron chi connectivity index (χ3n) is 1.78. The van der Waals surface area contributed by atoms with E-state index in [4.69, 9.17) is 5.11 Å². The van der Waals surface area contributed by atoms with Crippen molar-refractivity contribution in [3.63, 3.8) is 0 Å². The number of alkyl halides is 3. The molecule has 0 aliphatic heterocycles. The first kappa shape index (κ1) is 14.0. The van der Waals surface area contributed by atoms with Crippen molar-refractivity contribution < 1.29 is 27.8 Å². The second-order valence-electron chi connectivity index (χ2n) is 3.13. The van der Waals surface area contributed by atoms with E-state index >= 15 is 0 Å². The fourth-order valence-corrected chi connectivity index (χ4v) is 1.71. The minimum atomic E-state index is -4.86. The first-order valence-electron chi connectivity index (χ1n) is 4.32. The number of carboxylic acid groups (broad SMARTS) is 1. The summed E-state index contributed by atoms with van der Waals surface area (Å²) in [4.78, 5) is 14.3. The number of halogens is 4. The van der Waals surface area contributed by atoms with Gasteiger partial charge in [-0.25, -0.2) is 0 Å². The van der Waals surface area contributed by atoms with Crippen LogP contribution in [-0.2, 0) is 11.2 Å². The number of pyridine rings is 1. The molecule has 0 aromatic carbocycles. The number of aliphatic carboxylic acids is 1. The van der Waals surface area contributed by atoms with Gasteiger partial charge < -0.3 is 9.84 Å². The lowest BCUT2D eigenvalue weighted by Crippen LogP contribution is -2.20. The van der Waals surface area contributed by atoms with Gasteiger partial charge in [0.2, 0.25) is 0 Å². The Balaban J connectivity index is 3.21. The highest BCUT2D eigenvalue weighted by atomic mass is 127. The number of rotatable bonds is 3. The second kappa shape index (κ2) is 5.07. The average Bonchev–Trinajstić information content (AvgIpc) is 2.15. The molecule has 0 spiro atoms. The molecule has 0 aliphatic rings. The topological polar surface area (TPSA) is 59.4 Å². The van der Waals surface area contributed by atoms with Crippen molar-refractivity contribution in [3.8, 4) is 5.75 Å². The summed E-state index contributed by atoms with van der Waals surface area (Å²) in [6, 6.07) is 0. The Kier molecular flexibility index (Phi) is 4.17. The van der Waals surface area contributed by atoms with E-state index in [9.17, 15) is 18.0 Å². The van der Waals surface area contributed by atoms with Gasteiger partial charge in [0, 0.05) is 11.8 Å². The van der Waals surface area contributed by atoms with Crippen LogP contribution in [0.4, 0.5) is 13.2 Å². The van der Waals surface area contributed by atoms with Gasteiger partial charge in [-0.1, -0.05) is 0 Å². The number of carboxylic acids is 1. The Morgan fingerprint density at radius 1 is 1.59 bits per heavy atom. The summed E-state index contributed by atoms with van der Waals surface area (Å²) in [5, 5.41) is 8.58. The molecule has 8 heteroatoms. The minimum Gasteiger partial charge on any atom is -0.481 e. The molecule has 1 aromatic heterocycles. The third-order valence-corrected chi connectivity index (χ3v) is 3.05. The van der Waals surface area contributed by atoms with Gasteiger partial charge in [0.25, 0.3) is 0 Å². The van der Waals surface area contributed by atoms with Crippen molar-refractivity contribution >= 4 is 28.6 Å². The Labute approximate surface area is 108 Å². The molecule has 17 heavy (non-hydrogen) atoms. The smallest absolute Gasteiger partial charge is 0.481 e. The highest BCUT2D eigenvalue weighted by molar-refractivity contribution is 14.1. The number of carbonyl (C=O) groups is 1. The van der Waals surface area contributed by atoms with Gasteiger partial charge in [-0.3, -0.25) is 9.78 Å². The van der Waals surface area contributed by atoms with Crippen molar-refractivity contribution in [3.05, 3.63) is 21.0 Å². The summed E-state index contributed by atoms with van der Waals surface area (Å²) >= 11 is 1.64. The van der Waals surface area contributed by atoms with Crippen LogP contribution in [0.15, 0.2) is 6.20 Å². The highest BCUT2D eigenvalue weighted by Crippen LogP contribution is 2.32. The zero-order chi connectivity index (χ0) is 13.2. The molecular weight excluding hydrogens is 354 g/mol. The fraction of sp³-hybridized carbons (Fsp3) is 0.333. The molecule has 1 heterocycles. The van der Waals surface area contributed by atoms with Crippen LogP contribution in [0, 0.1) is 10.5 Å². The molecule has 0 radical (unpaired) electrons. The van der Waals surface area contributed by atoms with Crippen LogP contribution in [0.5, 0.6) is 5.75 Å². The quantitative estimate of drug-likeness (QED) is 0.841. The largest absolute Gasteiger partial charge is 0.573 e. The van der Waals surface area contributed by atoms with Gasteiger partial charge in [0.1, 0.15) is 5.75 Å². The second-order valence-corrected chi connectivity index (χ2v) is 4.21. The fourth-order valence-electron chi connectivity index (χ4n) is 1.11. The van der Waals surface area contributed by atoms with Crippen molar-refractivity contribution in [2.24, 2.45) is 0 Å². The van der Waals surface area contributed by atoms with E-state index in [1.807, 2.05) is 0 Å². The molecular formula is C9H7F3INO3. The predicted molar refractivity (Wildman–Crippen MR) is 59.7 cm³/mol. The molecule has 0 bridgehead atoms. The van der Waals surface area contributed by atoms with Gasteiger partial charge in [0.05, 0.1) is 15.7 Å². The predicted octanol–water partition coefficient (Wildman–Crippen LogP) is 2.52. The summed E-state index contributed by atoms with van der Waals surface area (Å²) in [5.41, 5.74) is 0.240. The van der Waals surface area contributed by atoms with Crippen molar-refractivity contribution in [2.45, 2.75) is 19.7 Å². The molecule has 1 N–H and O–H groups in total. The van der Waals surface area contributed by atoms with Crippen LogP contribution >= 0.6 is 22.6 Å². The van der Waals surface area contributed by atoms with E-state index in [2.05, 4.69) is 9.72 Å². The van der Waals surface area contributed by atoms with Crippen LogP contribution < -0.4 is 4.74 Å². The van der Waals surface area contributed by atoms with Crippen LogP contribution in [0.3, 0.4) is 0 Å². The lowest BCUT2D eigenvalue weighted by molar-refractivity contribution is -0.275. The Bertz CT molecular complexity index is 448. The maximum absolute atomic E-state index is 12.2. The Morgan fingerprint density at radius 3 is 2.65 bits per heavy atom. The standard InChI is InChI=1S/C9H7F3INO3/c1-4-7(13)8(17-9(10,11)12)5(3-14-4)2-6(15)16/h3H,2H2,1H3,(H,15,16).